The standard InChI is InChI=1S/C25H32N4O6/c1-5-7-12-29-22-20(23(31)27-24(29)32)28(11-6-2)18(26-22)14-34-19(30)15-33-17-10-8-9-16-13-25(3,4)35-21(16)17/h8-10H,5-7,11-15H2,1-4H3,(H,27,31,32). The van der Waals surface area contributed by atoms with E-state index in [-0.39, 0.29) is 18.8 Å². The van der Waals surface area contributed by atoms with E-state index in [2.05, 4.69) is 9.97 Å². The quantitative estimate of drug-likeness (QED) is 0.440. The number of carbonyl (C=O) groups excluding carboxylic acids is 1. The van der Waals surface area contributed by atoms with Crippen molar-refractivity contribution < 1.29 is 19.0 Å². The molecule has 0 aliphatic carbocycles. The van der Waals surface area contributed by atoms with Crippen LogP contribution in [0.3, 0.4) is 0 Å². The first-order chi connectivity index (χ1) is 16.7. The van der Waals surface area contributed by atoms with Gasteiger partial charge in [0.25, 0.3) is 5.56 Å². The highest BCUT2D eigenvalue weighted by Gasteiger charge is 2.32. The molecule has 0 fully saturated rings. The van der Waals surface area contributed by atoms with Gasteiger partial charge >= 0.3 is 11.7 Å². The molecular weight excluding hydrogens is 452 g/mol. The first kappa shape index (κ1) is 24.6. The summed E-state index contributed by atoms with van der Waals surface area (Å²) in [4.78, 5) is 44.4. The van der Waals surface area contributed by atoms with Crippen molar-refractivity contribution in [1.82, 2.24) is 19.1 Å². The summed E-state index contributed by atoms with van der Waals surface area (Å²) in [6.45, 7) is 8.49. The van der Waals surface area contributed by atoms with Gasteiger partial charge in [-0.2, -0.15) is 0 Å². The van der Waals surface area contributed by atoms with Crippen molar-refractivity contribution in [2.24, 2.45) is 0 Å². The van der Waals surface area contributed by atoms with Crippen LogP contribution in [-0.4, -0.2) is 37.3 Å². The Kier molecular flexibility index (Phi) is 7.00. The molecule has 188 valence electrons. The lowest BCUT2D eigenvalue weighted by atomic mass is 10.0. The van der Waals surface area contributed by atoms with Gasteiger partial charge in [0.05, 0.1) is 0 Å². The Morgan fingerprint density at radius 1 is 1.17 bits per heavy atom. The number of nitrogens with one attached hydrogen (secondary N) is 1. The molecule has 3 heterocycles. The Hall–Kier alpha value is -3.56. The average molecular weight is 485 g/mol. The van der Waals surface area contributed by atoms with Crippen molar-refractivity contribution >= 4 is 17.1 Å². The van der Waals surface area contributed by atoms with Gasteiger partial charge in [0, 0.05) is 25.1 Å². The molecule has 1 aliphatic rings. The molecule has 35 heavy (non-hydrogen) atoms. The third-order valence-electron chi connectivity index (χ3n) is 5.91. The maximum Gasteiger partial charge on any atom is 0.344 e. The number of para-hydroxylation sites is 1. The van der Waals surface area contributed by atoms with E-state index in [0.29, 0.717) is 41.6 Å². The molecule has 0 radical (unpaired) electrons. The van der Waals surface area contributed by atoms with E-state index in [0.717, 1.165) is 31.2 Å². The molecule has 0 saturated heterocycles. The lowest BCUT2D eigenvalue weighted by Crippen LogP contribution is -2.31. The maximum absolute atomic E-state index is 12.6. The molecule has 1 aromatic carbocycles. The number of hydrogen-bond acceptors (Lipinski definition) is 7. The number of benzene rings is 1. The molecule has 0 amide bonds. The predicted molar refractivity (Wildman–Crippen MR) is 130 cm³/mol. The number of imidazole rings is 1. The van der Waals surface area contributed by atoms with Crippen molar-refractivity contribution in [3.63, 3.8) is 0 Å². The van der Waals surface area contributed by atoms with E-state index in [1.54, 1.807) is 10.6 Å². The summed E-state index contributed by atoms with van der Waals surface area (Å²) in [6, 6.07) is 5.61. The zero-order valence-electron chi connectivity index (χ0n) is 20.7. The fourth-order valence-corrected chi connectivity index (χ4v) is 4.34. The van der Waals surface area contributed by atoms with Crippen molar-refractivity contribution in [3.05, 3.63) is 50.4 Å². The Morgan fingerprint density at radius 3 is 2.71 bits per heavy atom. The van der Waals surface area contributed by atoms with E-state index in [4.69, 9.17) is 14.2 Å². The Labute approximate surface area is 202 Å². The molecule has 0 saturated carbocycles. The van der Waals surface area contributed by atoms with Gasteiger partial charge in [-0.25, -0.2) is 14.6 Å². The number of unbranched alkanes of at least 4 members (excludes halogenated alkanes) is 1. The summed E-state index contributed by atoms with van der Waals surface area (Å²) in [6.07, 6.45) is 3.16. The van der Waals surface area contributed by atoms with Gasteiger partial charge < -0.3 is 18.8 Å². The van der Waals surface area contributed by atoms with Gasteiger partial charge in [-0.3, -0.25) is 14.3 Å². The largest absolute Gasteiger partial charge is 0.483 e. The molecule has 0 bridgehead atoms. The Bertz CT molecular complexity index is 1350. The summed E-state index contributed by atoms with van der Waals surface area (Å²) in [5.74, 6) is 0.975. The van der Waals surface area contributed by atoms with Gasteiger partial charge in [0.15, 0.2) is 29.3 Å². The summed E-state index contributed by atoms with van der Waals surface area (Å²) < 4.78 is 20.3. The smallest absolute Gasteiger partial charge is 0.344 e. The SMILES string of the molecule is CCCCn1c(=O)[nH]c(=O)c2c1nc(COC(=O)COc1cccc3c1OC(C)(C)C3)n2CCC. The molecular formula is C25H32N4O6. The van der Waals surface area contributed by atoms with Crippen LogP contribution in [0.5, 0.6) is 11.5 Å². The van der Waals surface area contributed by atoms with Crippen molar-refractivity contribution in [2.45, 2.75) is 78.7 Å². The van der Waals surface area contributed by atoms with E-state index >= 15 is 0 Å². The van der Waals surface area contributed by atoms with Crippen LogP contribution < -0.4 is 20.7 Å². The first-order valence-electron chi connectivity index (χ1n) is 12.1. The Balaban J connectivity index is 1.50. The second-order valence-electron chi connectivity index (χ2n) is 9.35. The third kappa shape index (κ3) is 5.11. The predicted octanol–water partition coefficient (Wildman–Crippen LogP) is 2.93. The highest BCUT2D eigenvalue weighted by Crippen LogP contribution is 2.41. The molecule has 0 spiro atoms. The van der Waals surface area contributed by atoms with Gasteiger partial charge in [0.2, 0.25) is 0 Å². The number of aromatic nitrogens is 4. The van der Waals surface area contributed by atoms with Crippen LogP contribution in [0.4, 0.5) is 0 Å². The van der Waals surface area contributed by atoms with E-state index < -0.39 is 17.2 Å². The molecule has 1 aliphatic heterocycles. The van der Waals surface area contributed by atoms with Crippen LogP contribution in [0.25, 0.3) is 11.2 Å². The molecule has 3 aromatic rings. The average Bonchev–Trinajstić information content (AvgIpc) is 3.32. The van der Waals surface area contributed by atoms with Crippen molar-refractivity contribution in [1.29, 1.82) is 0 Å². The number of ether oxygens (including phenoxy) is 3. The number of fused-ring (bicyclic) bond motifs is 2. The first-order valence-corrected chi connectivity index (χ1v) is 12.1. The lowest BCUT2D eigenvalue weighted by Gasteiger charge is -2.18. The zero-order chi connectivity index (χ0) is 25.2. The second-order valence-corrected chi connectivity index (χ2v) is 9.35. The van der Waals surface area contributed by atoms with Gasteiger partial charge in [-0.1, -0.05) is 32.4 Å². The van der Waals surface area contributed by atoms with Crippen molar-refractivity contribution in [2.75, 3.05) is 6.61 Å². The topological polar surface area (TPSA) is 117 Å². The van der Waals surface area contributed by atoms with Gasteiger partial charge in [0.1, 0.15) is 18.0 Å². The van der Waals surface area contributed by atoms with Crippen LogP contribution in [0, 0.1) is 0 Å². The van der Waals surface area contributed by atoms with E-state index in [1.807, 2.05) is 39.8 Å². The molecule has 1 N–H and O–H groups in total. The van der Waals surface area contributed by atoms with Crippen LogP contribution in [0.1, 0.15) is 58.3 Å². The molecule has 0 atom stereocenters. The molecule has 4 rings (SSSR count). The summed E-state index contributed by atoms with van der Waals surface area (Å²) >= 11 is 0. The maximum atomic E-state index is 12.6. The van der Waals surface area contributed by atoms with Gasteiger partial charge in [-0.05, 0) is 32.8 Å². The van der Waals surface area contributed by atoms with Crippen LogP contribution in [0.2, 0.25) is 0 Å². The minimum atomic E-state index is -0.577. The fourth-order valence-electron chi connectivity index (χ4n) is 4.34. The minimum Gasteiger partial charge on any atom is -0.483 e. The lowest BCUT2D eigenvalue weighted by molar-refractivity contribution is -0.147. The Morgan fingerprint density at radius 2 is 1.97 bits per heavy atom. The number of esters is 1. The van der Waals surface area contributed by atoms with Crippen molar-refractivity contribution in [3.8, 4) is 11.5 Å². The normalized spacial score (nSPS) is 14.1. The number of carbonyl (C=O) groups is 1. The summed E-state index contributed by atoms with van der Waals surface area (Å²) in [5, 5.41) is 0. The summed E-state index contributed by atoms with van der Waals surface area (Å²) in [7, 11) is 0. The number of aryl methyl sites for hydroxylation is 2. The molecule has 10 nitrogen and oxygen atoms in total. The molecule has 10 heteroatoms. The second kappa shape index (κ2) is 9.97. The number of hydrogen-bond donors (Lipinski definition) is 1. The van der Waals surface area contributed by atoms with E-state index in [1.165, 1.54) is 4.57 Å². The zero-order valence-corrected chi connectivity index (χ0v) is 20.7. The van der Waals surface area contributed by atoms with Crippen LogP contribution in [0.15, 0.2) is 27.8 Å². The minimum absolute atomic E-state index is 0.144. The van der Waals surface area contributed by atoms with Gasteiger partial charge in [-0.15, -0.1) is 0 Å². The highest BCUT2D eigenvalue weighted by atomic mass is 16.6. The van der Waals surface area contributed by atoms with Crippen LogP contribution in [-0.2, 0) is 35.6 Å². The number of rotatable bonds is 10. The summed E-state index contributed by atoms with van der Waals surface area (Å²) in [5.41, 5.74) is 0.340. The van der Waals surface area contributed by atoms with E-state index in [9.17, 15) is 14.4 Å². The molecule has 0 unspecified atom stereocenters. The third-order valence-corrected chi connectivity index (χ3v) is 5.91. The van der Waals surface area contributed by atoms with Crippen LogP contribution >= 0.6 is 0 Å². The number of aromatic amines is 1. The molecule has 2 aromatic heterocycles. The number of H-pyrrole nitrogens is 1. The monoisotopic (exact) mass is 484 g/mol. The highest BCUT2D eigenvalue weighted by molar-refractivity contribution is 5.72. The number of nitrogens with zero attached hydrogens (tertiary/aromatic N) is 3. The fraction of sp³-hybridized carbons (Fsp3) is 0.520.